The van der Waals surface area contributed by atoms with E-state index in [9.17, 15) is 19.2 Å². The number of thioether (sulfide) groups is 2. The predicted octanol–water partition coefficient (Wildman–Crippen LogP) is 3.43. The van der Waals surface area contributed by atoms with Crippen LogP contribution in [-0.4, -0.2) is 32.5 Å². The van der Waals surface area contributed by atoms with Gasteiger partial charge in [-0.05, 0) is 71.1 Å². The Morgan fingerprint density at radius 3 is 1.20 bits per heavy atom. The Kier molecular flexibility index (Phi) is 6.60. The van der Waals surface area contributed by atoms with Crippen molar-refractivity contribution in [2.45, 2.75) is 0 Å². The largest absolute Gasteiger partial charge is 0.508 e. The Balaban J connectivity index is 0.000000171. The number of hydrogen-bond acceptors (Lipinski definition) is 8. The summed E-state index contributed by atoms with van der Waals surface area (Å²) in [4.78, 5) is 44.8. The van der Waals surface area contributed by atoms with Gasteiger partial charge in [0, 0.05) is 0 Å². The van der Waals surface area contributed by atoms with Gasteiger partial charge in [-0.1, -0.05) is 24.3 Å². The van der Waals surface area contributed by atoms with Crippen LogP contribution in [0.15, 0.2) is 58.3 Å². The van der Waals surface area contributed by atoms with Crippen LogP contribution in [0.25, 0.3) is 12.2 Å². The molecule has 0 spiro atoms. The first-order valence-corrected chi connectivity index (χ1v) is 10.0. The Bertz CT molecular complexity index is 988. The van der Waals surface area contributed by atoms with Gasteiger partial charge in [0.15, 0.2) is 0 Å². The molecule has 10 heteroatoms. The van der Waals surface area contributed by atoms with Gasteiger partial charge >= 0.3 is 0 Å². The van der Waals surface area contributed by atoms with Crippen molar-refractivity contribution in [3.8, 4) is 11.5 Å². The zero-order valence-electron chi connectivity index (χ0n) is 15.1. The SMILES string of the molecule is O=C1NC(=O)C(=Cc2ccc(O)cc2)S1.O=C1NC(=O)C(=Cc2ccc(O)cc2)S1. The number of amides is 4. The second-order valence-corrected chi connectivity index (χ2v) is 7.92. The highest BCUT2D eigenvalue weighted by Gasteiger charge is 2.25. The maximum atomic E-state index is 11.2. The number of nitrogens with one attached hydrogen (secondary N) is 2. The van der Waals surface area contributed by atoms with Crippen LogP contribution in [0.2, 0.25) is 0 Å². The topological polar surface area (TPSA) is 133 Å². The molecule has 2 heterocycles. The van der Waals surface area contributed by atoms with Crippen LogP contribution < -0.4 is 10.6 Å². The quantitative estimate of drug-likeness (QED) is 0.520. The van der Waals surface area contributed by atoms with Crippen molar-refractivity contribution in [2.24, 2.45) is 0 Å². The molecule has 2 aliphatic rings. The van der Waals surface area contributed by atoms with E-state index in [0.717, 1.165) is 34.7 Å². The Morgan fingerprint density at radius 1 is 0.600 bits per heavy atom. The van der Waals surface area contributed by atoms with Crippen LogP contribution in [0.4, 0.5) is 9.59 Å². The molecule has 2 aliphatic heterocycles. The summed E-state index contributed by atoms with van der Waals surface area (Å²) in [5.74, 6) is -0.426. The fourth-order valence-electron chi connectivity index (χ4n) is 2.29. The molecule has 0 aromatic heterocycles. The molecule has 2 aromatic carbocycles. The minimum Gasteiger partial charge on any atom is -0.508 e. The third-order valence-electron chi connectivity index (χ3n) is 3.67. The maximum Gasteiger partial charge on any atom is 0.290 e. The summed E-state index contributed by atoms with van der Waals surface area (Å²) >= 11 is 1.74. The van der Waals surface area contributed by atoms with Crippen molar-refractivity contribution in [1.82, 2.24) is 10.6 Å². The molecule has 4 rings (SSSR count). The van der Waals surface area contributed by atoms with Crippen LogP contribution >= 0.6 is 23.5 Å². The fourth-order valence-corrected chi connectivity index (χ4v) is 3.65. The van der Waals surface area contributed by atoms with Crippen LogP contribution in [0.3, 0.4) is 0 Å². The molecule has 2 aromatic rings. The van der Waals surface area contributed by atoms with Gasteiger partial charge in [0.05, 0.1) is 9.81 Å². The molecule has 0 aliphatic carbocycles. The van der Waals surface area contributed by atoms with Gasteiger partial charge in [0.25, 0.3) is 22.3 Å². The number of benzene rings is 2. The second-order valence-electron chi connectivity index (χ2n) is 5.89. The highest BCUT2D eigenvalue weighted by atomic mass is 32.2. The average molecular weight is 442 g/mol. The van der Waals surface area contributed by atoms with E-state index in [2.05, 4.69) is 10.6 Å². The maximum absolute atomic E-state index is 11.2. The van der Waals surface area contributed by atoms with Gasteiger partial charge in [0.1, 0.15) is 11.5 Å². The molecule has 0 radical (unpaired) electrons. The van der Waals surface area contributed by atoms with E-state index in [1.807, 2.05) is 0 Å². The summed E-state index contributed by atoms with van der Waals surface area (Å²) in [7, 11) is 0. The van der Waals surface area contributed by atoms with E-state index in [1.165, 1.54) is 24.3 Å². The van der Waals surface area contributed by atoms with E-state index < -0.39 is 0 Å². The molecule has 0 bridgehead atoms. The van der Waals surface area contributed by atoms with Crippen molar-refractivity contribution in [3.05, 3.63) is 69.5 Å². The molecule has 152 valence electrons. The molecule has 2 fully saturated rings. The number of rotatable bonds is 2. The lowest BCUT2D eigenvalue weighted by molar-refractivity contribution is -0.116. The summed E-state index contributed by atoms with van der Waals surface area (Å²) in [6, 6.07) is 12.7. The van der Waals surface area contributed by atoms with Crippen molar-refractivity contribution in [3.63, 3.8) is 0 Å². The number of aromatic hydroxyl groups is 2. The van der Waals surface area contributed by atoms with E-state index in [4.69, 9.17) is 10.2 Å². The normalized spacial score (nSPS) is 18.3. The third-order valence-corrected chi connectivity index (χ3v) is 5.29. The van der Waals surface area contributed by atoms with E-state index in [0.29, 0.717) is 9.81 Å². The van der Waals surface area contributed by atoms with Gasteiger partial charge in [0.2, 0.25) is 0 Å². The first-order valence-electron chi connectivity index (χ1n) is 8.38. The van der Waals surface area contributed by atoms with Gasteiger partial charge < -0.3 is 10.2 Å². The van der Waals surface area contributed by atoms with Gasteiger partial charge in [-0.15, -0.1) is 0 Å². The lowest BCUT2D eigenvalue weighted by Gasteiger charge is -1.95. The van der Waals surface area contributed by atoms with Crippen molar-refractivity contribution in [2.75, 3.05) is 0 Å². The second kappa shape index (κ2) is 9.33. The number of imide groups is 2. The number of phenolic OH excluding ortho intramolecular Hbond substituents is 2. The number of hydrogen-bond donors (Lipinski definition) is 4. The Labute approximate surface area is 179 Å². The van der Waals surface area contributed by atoms with Gasteiger partial charge in [-0.2, -0.15) is 0 Å². The third kappa shape index (κ3) is 5.75. The van der Waals surface area contributed by atoms with E-state index >= 15 is 0 Å². The first-order chi connectivity index (χ1) is 14.3. The fraction of sp³-hybridized carbons (Fsp3) is 0. The van der Waals surface area contributed by atoms with Gasteiger partial charge in [-0.3, -0.25) is 29.8 Å². The van der Waals surface area contributed by atoms with E-state index in [-0.39, 0.29) is 33.8 Å². The number of carbonyl (C=O) groups is 4. The highest BCUT2D eigenvalue weighted by Crippen LogP contribution is 2.26. The zero-order valence-corrected chi connectivity index (χ0v) is 16.8. The van der Waals surface area contributed by atoms with Crippen LogP contribution in [0.5, 0.6) is 11.5 Å². The molecule has 0 saturated carbocycles. The summed E-state index contributed by atoms with van der Waals surface area (Å²) in [5, 5.41) is 21.7. The molecule has 30 heavy (non-hydrogen) atoms. The Morgan fingerprint density at radius 2 is 0.933 bits per heavy atom. The van der Waals surface area contributed by atoms with Crippen molar-refractivity contribution >= 4 is 58.0 Å². The summed E-state index contributed by atoms with van der Waals surface area (Å²) < 4.78 is 0. The van der Waals surface area contributed by atoms with Crippen LogP contribution in [-0.2, 0) is 9.59 Å². The smallest absolute Gasteiger partial charge is 0.290 e. The number of phenols is 2. The molecule has 0 atom stereocenters. The lowest BCUT2D eigenvalue weighted by Crippen LogP contribution is -2.17. The lowest BCUT2D eigenvalue weighted by atomic mass is 10.2. The summed E-state index contributed by atoms with van der Waals surface area (Å²) in [6.07, 6.45) is 3.20. The molecule has 4 N–H and O–H groups in total. The molecular weight excluding hydrogens is 428 g/mol. The first kappa shape index (κ1) is 21.2. The van der Waals surface area contributed by atoms with Crippen LogP contribution in [0.1, 0.15) is 11.1 Å². The minimum atomic E-state index is -0.377. The highest BCUT2D eigenvalue weighted by molar-refractivity contribution is 8.18. The zero-order chi connectivity index (χ0) is 21.7. The molecule has 0 unspecified atom stereocenters. The van der Waals surface area contributed by atoms with E-state index in [1.54, 1.807) is 36.4 Å². The monoisotopic (exact) mass is 442 g/mol. The average Bonchev–Trinajstić information content (AvgIpc) is 3.19. The van der Waals surface area contributed by atoms with Crippen molar-refractivity contribution in [1.29, 1.82) is 0 Å². The van der Waals surface area contributed by atoms with Crippen molar-refractivity contribution < 1.29 is 29.4 Å². The number of carbonyl (C=O) groups excluding carboxylic acids is 4. The Hall–Kier alpha value is -3.50. The summed E-state index contributed by atoms with van der Waals surface area (Å²) in [6.45, 7) is 0. The standard InChI is InChI=1S/2C10H7NO3S/c2*12-7-3-1-6(2-4-7)5-8-9(13)11-10(14)15-8/h2*1-5,12H,(H,11,13,14). The molecular formula is C20H14N2O6S2. The predicted molar refractivity (Wildman–Crippen MR) is 114 cm³/mol. The van der Waals surface area contributed by atoms with Crippen LogP contribution in [0, 0.1) is 0 Å². The summed E-state index contributed by atoms with van der Waals surface area (Å²) in [5.41, 5.74) is 1.53. The molecule has 4 amide bonds. The molecule has 2 saturated heterocycles. The van der Waals surface area contributed by atoms with Gasteiger partial charge in [-0.25, -0.2) is 0 Å². The molecule has 8 nitrogen and oxygen atoms in total. The minimum absolute atomic E-state index is 0.164.